The van der Waals surface area contributed by atoms with Crippen molar-refractivity contribution < 1.29 is 19.2 Å². The van der Waals surface area contributed by atoms with Crippen LogP contribution in [0.4, 0.5) is 0 Å². The normalized spacial score (nSPS) is 12.3. The standard InChI is InChI=1S/C10H19O4P/c1-8(2)13-5-6-15(12)7-10(11)14-9(3)4/h7-9H,5-6H2,1-4H3. The molecule has 0 radical (unpaired) electrons. The molecule has 0 aromatic heterocycles. The van der Waals surface area contributed by atoms with Gasteiger partial charge in [-0.05, 0) is 27.7 Å². The summed E-state index contributed by atoms with van der Waals surface area (Å²) >= 11 is 0. The van der Waals surface area contributed by atoms with E-state index < -0.39 is 13.7 Å². The van der Waals surface area contributed by atoms with Crippen molar-refractivity contribution in [3.8, 4) is 0 Å². The largest absolute Gasteiger partial charge is 0.630 e. The van der Waals surface area contributed by atoms with E-state index in [1.165, 1.54) is 0 Å². The van der Waals surface area contributed by atoms with Gasteiger partial charge < -0.3 is 14.4 Å². The van der Waals surface area contributed by atoms with E-state index in [1.807, 2.05) is 13.8 Å². The lowest BCUT2D eigenvalue weighted by Gasteiger charge is -2.06. The molecule has 0 heterocycles. The average Bonchev–Trinajstić information content (AvgIpc) is 2.00. The Kier molecular flexibility index (Phi) is 7.57. The van der Waals surface area contributed by atoms with Crippen LogP contribution in [0.15, 0.2) is 0 Å². The van der Waals surface area contributed by atoms with Gasteiger partial charge in [0.05, 0.1) is 26.6 Å². The van der Waals surface area contributed by atoms with Gasteiger partial charge in [0, 0.05) is 0 Å². The highest BCUT2D eigenvalue weighted by Crippen LogP contribution is 2.09. The lowest BCUT2D eigenvalue weighted by Crippen LogP contribution is -2.14. The molecule has 0 aliphatic carbocycles. The molecule has 1 unspecified atom stereocenters. The second-order valence-electron chi connectivity index (χ2n) is 3.67. The molecule has 0 aromatic carbocycles. The third-order valence-corrected chi connectivity index (χ3v) is 2.49. The van der Waals surface area contributed by atoms with Crippen molar-refractivity contribution in [1.29, 1.82) is 0 Å². The molecule has 0 rings (SSSR count). The number of esters is 1. The van der Waals surface area contributed by atoms with E-state index in [0.29, 0.717) is 12.8 Å². The highest BCUT2D eigenvalue weighted by Gasteiger charge is 2.07. The highest BCUT2D eigenvalue weighted by molar-refractivity contribution is 7.52. The lowest BCUT2D eigenvalue weighted by molar-refractivity contribution is -0.153. The van der Waals surface area contributed by atoms with Crippen molar-refractivity contribution in [3.05, 3.63) is 0 Å². The van der Waals surface area contributed by atoms with Crippen molar-refractivity contribution in [1.82, 2.24) is 0 Å². The molecule has 1 atom stereocenters. The number of ether oxygens (including phenoxy) is 2. The minimum absolute atomic E-state index is 0.121. The van der Waals surface area contributed by atoms with Crippen molar-refractivity contribution in [2.45, 2.75) is 39.9 Å². The first-order valence-corrected chi connectivity index (χ1v) is 6.54. The molecule has 0 saturated heterocycles. The van der Waals surface area contributed by atoms with Crippen LogP contribution in [0.2, 0.25) is 0 Å². The van der Waals surface area contributed by atoms with Gasteiger partial charge in [-0.15, -0.1) is 0 Å². The first-order valence-electron chi connectivity index (χ1n) is 5.02. The number of carbonyl (C=O) groups excluding carboxylic acids is 1. The smallest absolute Gasteiger partial charge is 0.373 e. The maximum atomic E-state index is 11.3. The van der Waals surface area contributed by atoms with Gasteiger partial charge in [0.2, 0.25) is 0 Å². The van der Waals surface area contributed by atoms with Gasteiger partial charge in [0.1, 0.15) is 6.16 Å². The minimum Gasteiger partial charge on any atom is -0.630 e. The molecule has 0 aliphatic rings. The Morgan fingerprint density at radius 3 is 2.40 bits per heavy atom. The highest BCUT2D eigenvalue weighted by atomic mass is 31.1. The van der Waals surface area contributed by atoms with Gasteiger partial charge in [-0.3, -0.25) is 0 Å². The Morgan fingerprint density at radius 1 is 1.33 bits per heavy atom. The summed E-state index contributed by atoms with van der Waals surface area (Å²) in [6.07, 6.45) is 0.306. The fourth-order valence-electron chi connectivity index (χ4n) is 0.823. The van der Waals surface area contributed by atoms with Crippen LogP contribution in [0.3, 0.4) is 0 Å². The Morgan fingerprint density at radius 2 is 1.93 bits per heavy atom. The summed E-state index contributed by atoms with van der Waals surface area (Å²) in [5.41, 5.74) is 0. The molecule has 0 fully saturated rings. The number of rotatable bonds is 6. The second kappa shape index (κ2) is 7.80. The number of carbonyl (C=O) groups is 1. The van der Waals surface area contributed by atoms with Crippen LogP contribution in [0, 0.1) is 0 Å². The molecule has 0 amide bonds. The van der Waals surface area contributed by atoms with Crippen LogP contribution in [0.1, 0.15) is 27.7 Å². The van der Waals surface area contributed by atoms with E-state index in [9.17, 15) is 9.69 Å². The van der Waals surface area contributed by atoms with Crippen LogP contribution in [-0.2, 0) is 14.3 Å². The molecule has 0 bridgehead atoms. The fourth-order valence-corrected chi connectivity index (χ4v) is 1.53. The lowest BCUT2D eigenvalue weighted by atomic mass is 10.5. The van der Waals surface area contributed by atoms with Gasteiger partial charge in [-0.1, -0.05) is 0 Å². The monoisotopic (exact) mass is 234 g/mol. The molecule has 0 aliphatic heterocycles. The number of hydrogen-bond acceptors (Lipinski definition) is 4. The molecule has 0 N–H and O–H groups in total. The molecule has 15 heavy (non-hydrogen) atoms. The quantitative estimate of drug-likeness (QED) is 0.506. The molecule has 5 heteroatoms. The van der Waals surface area contributed by atoms with Crippen molar-refractivity contribution >= 4 is 19.5 Å². The first kappa shape index (κ1) is 14.6. The summed E-state index contributed by atoms with van der Waals surface area (Å²) in [7, 11) is -1.66. The third-order valence-electron chi connectivity index (χ3n) is 1.36. The van der Waals surface area contributed by atoms with Crippen LogP contribution >= 0.6 is 7.77 Å². The Balaban J connectivity index is 3.82. The van der Waals surface area contributed by atoms with E-state index in [1.54, 1.807) is 13.8 Å². The summed E-state index contributed by atoms with van der Waals surface area (Å²) in [4.78, 5) is 22.4. The zero-order valence-corrected chi connectivity index (χ0v) is 10.6. The van der Waals surface area contributed by atoms with Crippen molar-refractivity contribution in [3.63, 3.8) is 0 Å². The van der Waals surface area contributed by atoms with Crippen LogP contribution in [0.25, 0.3) is 0 Å². The fraction of sp³-hybridized carbons (Fsp3) is 0.800. The second-order valence-corrected chi connectivity index (χ2v) is 5.21. The summed E-state index contributed by atoms with van der Waals surface area (Å²) in [6.45, 7) is 7.72. The Labute approximate surface area is 92.1 Å². The van der Waals surface area contributed by atoms with Crippen molar-refractivity contribution in [2.75, 3.05) is 12.8 Å². The Hall–Kier alpha value is -0.440. The maximum Gasteiger partial charge on any atom is 0.373 e. The summed E-state index contributed by atoms with van der Waals surface area (Å²) in [5, 5.41) is 0. The zero-order valence-electron chi connectivity index (χ0n) is 9.73. The van der Waals surface area contributed by atoms with Crippen LogP contribution < -0.4 is 4.89 Å². The molecular formula is C10H19O4P. The van der Waals surface area contributed by atoms with E-state index in [4.69, 9.17) is 9.47 Å². The van der Waals surface area contributed by atoms with E-state index >= 15 is 0 Å². The van der Waals surface area contributed by atoms with Crippen molar-refractivity contribution in [2.24, 2.45) is 0 Å². The SMILES string of the molecule is CC(C)OCC[P+]([O-])=CC(=O)OC(C)C. The zero-order chi connectivity index (χ0) is 11.8. The summed E-state index contributed by atoms with van der Waals surface area (Å²) in [6, 6.07) is 0. The maximum absolute atomic E-state index is 11.3. The third kappa shape index (κ3) is 9.85. The van der Waals surface area contributed by atoms with Gasteiger partial charge >= 0.3 is 5.97 Å². The Bertz CT molecular complexity index is 223. The van der Waals surface area contributed by atoms with E-state index in [-0.39, 0.29) is 12.2 Å². The van der Waals surface area contributed by atoms with Gasteiger partial charge in [-0.25, -0.2) is 4.79 Å². The predicted molar refractivity (Wildman–Crippen MR) is 60.2 cm³/mol. The van der Waals surface area contributed by atoms with E-state index in [0.717, 1.165) is 5.80 Å². The number of hydrogen-bond donors (Lipinski definition) is 0. The topological polar surface area (TPSA) is 58.6 Å². The average molecular weight is 234 g/mol. The van der Waals surface area contributed by atoms with E-state index in [2.05, 4.69) is 0 Å². The molecule has 0 aromatic rings. The molecule has 0 spiro atoms. The molecule has 0 saturated carbocycles. The molecular weight excluding hydrogens is 215 g/mol. The van der Waals surface area contributed by atoms with Crippen LogP contribution in [-0.4, -0.2) is 36.7 Å². The first-order chi connectivity index (χ1) is 6.91. The summed E-state index contributed by atoms with van der Waals surface area (Å²) < 4.78 is 10.0. The minimum atomic E-state index is -1.66. The summed E-state index contributed by atoms with van der Waals surface area (Å²) in [5.74, 6) is 0.606. The van der Waals surface area contributed by atoms with Crippen LogP contribution in [0.5, 0.6) is 0 Å². The molecule has 88 valence electrons. The van der Waals surface area contributed by atoms with Gasteiger partial charge in [-0.2, -0.15) is 0 Å². The van der Waals surface area contributed by atoms with Gasteiger partial charge in [0.25, 0.3) is 0 Å². The predicted octanol–water partition coefficient (Wildman–Crippen LogP) is 0.922. The van der Waals surface area contributed by atoms with Gasteiger partial charge in [0.15, 0.2) is 5.80 Å². The molecule has 4 nitrogen and oxygen atoms in total.